The Morgan fingerprint density at radius 1 is 0.800 bits per heavy atom. The molecule has 1 atom stereocenters. The van der Waals surface area contributed by atoms with Crippen molar-refractivity contribution in [1.82, 2.24) is 0 Å². The maximum absolute atomic E-state index is 14.6. The number of rotatable bonds is 6. The van der Waals surface area contributed by atoms with Crippen molar-refractivity contribution in [3.05, 3.63) is 58.9 Å². The van der Waals surface area contributed by atoms with Gasteiger partial charge in [-0.25, -0.2) is 4.39 Å². The Balaban J connectivity index is 1.52. The first kappa shape index (κ1) is 21.1. The molecule has 4 rings (SSSR count). The zero-order chi connectivity index (χ0) is 20.9. The maximum atomic E-state index is 14.6. The highest BCUT2D eigenvalue weighted by Gasteiger charge is 2.24. The number of halogens is 1. The molecule has 5 heteroatoms. The highest BCUT2D eigenvalue weighted by molar-refractivity contribution is 5.56. The second-order valence-electron chi connectivity index (χ2n) is 8.77. The summed E-state index contributed by atoms with van der Waals surface area (Å²) in [5.74, 6) is 0.201. The van der Waals surface area contributed by atoms with Gasteiger partial charge < -0.3 is 20.0 Å². The lowest BCUT2D eigenvalue weighted by Crippen LogP contribution is -2.37. The Morgan fingerprint density at radius 2 is 1.47 bits per heavy atom. The average Bonchev–Trinajstić information content (AvgIpc) is 2.79. The Labute approximate surface area is 178 Å². The van der Waals surface area contributed by atoms with Crippen LogP contribution in [-0.2, 0) is 19.6 Å². The number of piperidine rings is 2. The monoisotopic (exact) mass is 412 g/mol. The van der Waals surface area contributed by atoms with Gasteiger partial charge in [0.25, 0.3) is 0 Å². The van der Waals surface area contributed by atoms with Crippen LogP contribution >= 0.6 is 0 Å². The van der Waals surface area contributed by atoms with Gasteiger partial charge in [0.1, 0.15) is 5.82 Å². The van der Waals surface area contributed by atoms with E-state index in [2.05, 4.69) is 21.9 Å². The standard InChI is InChI=1S/C25H33FN2O2/c26-23-15-21(18-30)7-9-25(23)28-12-4-5-19(16-28)13-22-14-20(17-29)6-8-24(22)27-10-2-1-3-11-27/h6-9,14-15,19,29-30H,1-5,10-13,16-18H2. The van der Waals surface area contributed by atoms with Crippen LogP contribution in [0.4, 0.5) is 15.8 Å². The second-order valence-corrected chi connectivity index (χ2v) is 8.77. The Bertz CT molecular complexity index is 851. The molecule has 2 aromatic rings. The van der Waals surface area contributed by atoms with Crippen molar-refractivity contribution >= 4 is 11.4 Å². The maximum Gasteiger partial charge on any atom is 0.146 e. The zero-order valence-electron chi connectivity index (χ0n) is 17.7. The van der Waals surface area contributed by atoms with Crippen LogP contribution in [0.15, 0.2) is 36.4 Å². The van der Waals surface area contributed by atoms with Gasteiger partial charge in [0, 0.05) is 31.9 Å². The summed E-state index contributed by atoms with van der Waals surface area (Å²) in [5, 5.41) is 18.9. The van der Waals surface area contributed by atoms with Crippen molar-refractivity contribution in [1.29, 1.82) is 0 Å². The molecule has 2 aliphatic heterocycles. The van der Waals surface area contributed by atoms with Gasteiger partial charge in [0.05, 0.1) is 18.9 Å². The zero-order valence-corrected chi connectivity index (χ0v) is 17.7. The van der Waals surface area contributed by atoms with Crippen LogP contribution < -0.4 is 9.80 Å². The smallest absolute Gasteiger partial charge is 0.146 e. The summed E-state index contributed by atoms with van der Waals surface area (Å²) in [4.78, 5) is 4.65. The molecule has 2 fully saturated rings. The van der Waals surface area contributed by atoms with E-state index >= 15 is 0 Å². The molecule has 30 heavy (non-hydrogen) atoms. The number of hydrogen-bond donors (Lipinski definition) is 2. The van der Waals surface area contributed by atoms with E-state index in [9.17, 15) is 14.6 Å². The molecule has 2 N–H and O–H groups in total. The molecule has 0 saturated carbocycles. The molecule has 2 aromatic carbocycles. The van der Waals surface area contributed by atoms with Gasteiger partial charge in [-0.1, -0.05) is 18.2 Å². The fraction of sp³-hybridized carbons (Fsp3) is 0.520. The molecule has 0 bridgehead atoms. The number of anilines is 2. The van der Waals surface area contributed by atoms with Crippen LogP contribution in [0.1, 0.15) is 48.8 Å². The van der Waals surface area contributed by atoms with Gasteiger partial charge in [-0.2, -0.15) is 0 Å². The number of hydrogen-bond acceptors (Lipinski definition) is 4. The van der Waals surface area contributed by atoms with Crippen molar-refractivity contribution in [2.45, 2.75) is 51.7 Å². The molecular weight excluding hydrogens is 379 g/mol. The number of aliphatic hydroxyl groups is 2. The highest BCUT2D eigenvalue weighted by Crippen LogP contribution is 2.32. The van der Waals surface area contributed by atoms with E-state index in [1.807, 2.05) is 6.07 Å². The lowest BCUT2D eigenvalue weighted by atomic mass is 9.89. The van der Waals surface area contributed by atoms with Gasteiger partial charge in [-0.3, -0.25) is 0 Å². The molecule has 0 aliphatic carbocycles. The third-order valence-corrected chi connectivity index (χ3v) is 6.59. The first-order valence-electron chi connectivity index (χ1n) is 11.3. The molecule has 0 radical (unpaired) electrons. The molecule has 0 amide bonds. The lowest BCUT2D eigenvalue weighted by molar-refractivity contribution is 0.281. The summed E-state index contributed by atoms with van der Waals surface area (Å²) in [7, 11) is 0. The van der Waals surface area contributed by atoms with E-state index in [1.54, 1.807) is 12.1 Å². The Kier molecular flexibility index (Phi) is 6.90. The molecule has 162 valence electrons. The molecule has 2 saturated heterocycles. The molecule has 4 nitrogen and oxygen atoms in total. The third kappa shape index (κ3) is 4.79. The van der Waals surface area contributed by atoms with E-state index in [1.165, 1.54) is 36.6 Å². The Morgan fingerprint density at radius 3 is 2.17 bits per heavy atom. The van der Waals surface area contributed by atoms with Crippen LogP contribution in [0, 0.1) is 11.7 Å². The minimum atomic E-state index is -0.251. The topological polar surface area (TPSA) is 46.9 Å². The first-order chi connectivity index (χ1) is 14.7. The molecule has 0 aromatic heterocycles. The van der Waals surface area contributed by atoms with Crippen LogP contribution in [-0.4, -0.2) is 36.4 Å². The SMILES string of the molecule is OCc1ccc(N2CCCC(Cc3cc(CO)ccc3N3CCCCC3)C2)c(F)c1. The van der Waals surface area contributed by atoms with Crippen LogP contribution in [0.2, 0.25) is 0 Å². The van der Waals surface area contributed by atoms with Crippen LogP contribution in [0.3, 0.4) is 0 Å². The normalized spacial score (nSPS) is 19.9. The fourth-order valence-electron chi connectivity index (χ4n) is 5.01. The summed E-state index contributed by atoms with van der Waals surface area (Å²) in [6.45, 7) is 3.82. The summed E-state index contributed by atoms with van der Waals surface area (Å²) in [5.41, 5.74) is 4.83. The molecule has 0 spiro atoms. The molecule has 1 unspecified atom stereocenters. The third-order valence-electron chi connectivity index (χ3n) is 6.59. The van der Waals surface area contributed by atoms with Gasteiger partial charge in [-0.15, -0.1) is 0 Å². The van der Waals surface area contributed by atoms with Crippen LogP contribution in [0.5, 0.6) is 0 Å². The van der Waals surface area contributed by atoms with E-state index < -0.39 is 0 Å². The van der Waals surface area contributed by atoms with Crippen molar-refractivity contribution in [3.63, 3.8) is 0 Å². The summed E-state index contributed by atoms with van der Waals surface area (Å²) < 4.78 is 14.6. The predicted molar refractivity (Wildman–Crippen MR) is 119 cm³/mol. The second kappa shape index (κ2) is 9.80. The number of benzene rings is 2. The van der Waals surface area contributed by atoms with Crippen molar-refractivity contribution in [2.24, 2.45) is 5.92 Å². The minimum Gasteiger partial charge on any atom is -0.392 e. The number of nitrogens with zero attached hydrogens (tertiary/aromatic N) is 2. The average molecular weight is 413 g/mol. The van der Waals surface area contributed by atoms with E-state index in [4.69, 9.17) is 0 Å². The first-order valence-corrected chi connectivity index (χ1v) is 11.3. The van der Waals surface area contributed by atoms with Gasteiger partial charge in [0.15, 0.2) is 0 Å². The highest BCUT2D eigenvalue weighted by atomic mass is 19.1. The molecule has 2 aliphatic rings. The summed E-state index contributed by atoms with van der Waals surface area (Å²) in [6, 6.07) is 11.4. The van der Waals surface area contributed by atoms with Gasteiger partial charge in [0.2, 0.25) is 0 Å². The lowest BCUT2D eigenvalue weighted by Gasteiger charge is -2.36. The largest absolute Gasteiger partial charge is 0.392 e. The molecular formula is C25H33FN2O2. The van der Waals surface area contributed by atoms with Crippen molar-refractivity contribution < 1.29 is 14.6 Å². The Hall–Kier alpha value is -2.11. The van der Waals surface area contributed by atoms with E-state index in [0.29, 0.717) is 17.2 Å². The van der Waals surface area contributed by atoms with Gasteiger partial charge in [-0.05, 0) is 79.3 Å². The summed E-state index contributed by atoms with van der Waals surface area (Å²) >= 11 is 0. The predicted octanol–water partition coefficient (Wildman–Crippen LogP) is 4.26. The van der Waals surface area contributed by atoms with Crippen molar-refractivity contribution in [3.8, 4) is 0 Å². The van der Waals surface area contributed by atoms with E-state index in [0.717, 1.165) is 51.0 Å². The van der Waals surface area contributed by atoms with Gasteiger partial charge >= 0.3 is 0 Å². The van der Waals surface area contributed by atoms with Crippen molar-refractivity contribution in [2.75, 3.05) is 36.0 Å². The quantitative estimate of drug-likeness (QED) is 0.744. The fourth-order valence-corrected chi connectivity index (χ4v) is 5.01. The molecule has 2 heterocycles. The number of aliphatic hydroxyl groups excluding tert-OH is 2. The summed E-state index contributed by atoms with van der Waals surface area (Å²) in [6.07, 6.45) is 6.91. The minimum absolute atomic E-state index is 0.0620. The van der Waals surface area contributed by atoms with Crippen LogP contribution in [0.25, 0.3) is 0 Å². The van der Waals surface area contributed by atoms with E-state index in [-0.39, 0.29) is 19.0 Å².